The average molecular weight is 286 g/mol. The summed E-state index contributed by atoms with van der Waals surface area (Å²) in [7, 11) is -0.183. The Balaban J connectivity index is 1.99. The van der Waals surface area contributed by atoms with Gasteiger partial charge in [-0.25, -0.2) is 0 Å². The fourth-order valence-electron chi connectivity index (χ4n) is 1.87. The molecular weight excluding hydrogens is 272 g/mol. The second-order valence-electron chi connectivity index (χ2n) is 4.02. The molecule has 2 aromatic rings. The van der Waals surface area contributed by atoms with E-state index >= 15 is 0 Å². The van der Waals surface area contributed by atoms with Crippen molar-refractivity contribution in [3.05, 3.63) is 60.7 Å². The van der Waals surface area contributed by atoms with Crippen molar-refractivity contribution in [2.45, 2.75) is 4.90 Å². The average Bonchev–Trinajstić information content (AvgIpc) is 2.93. The molecule has 0 spiro atoms. The highest BCUT2D eigenvalue weighted by Crippen LogP contribution is 2.35. The van der Waals surface area contributed by atoms with Crippen LogP contribution in [0.4, 0.5) is 5.69 Å². The highest BCUT2D eigenvalue weighted by Gasteiger charge is 2.18. The quantitative estimate of drug-likeness (QED) is 0.768. The van der Waals surface area contributed by atoms with Crippen molar-refractivity contribution in [3.63, 3.8) is 0 Å². The van der Waals surface area contributed by atoms with E-state index in [1.807, 2.05) is 12.1 Å². The molecule has 3 rings (SSSR count). The van der Waals surface area contributed by atoms with Gasteiger partial charge in [0.05, 0.1) is 5.49 Å². The second-order valence-corrected chi connectivity index (χ2v) is 6.28. The first-order chi connectivity index (χ1) is 9.38. The summed E-state index contributed by atoms with van der Waals surface area (Å²) in [6.45, 7) is 0. The van der Waals surface area contributed by atoms with E-state index in [2.05, 4.69) is 65.2 Å². The summed E-state index contributed by atoms with van der Waals surface area (Å²) < 4.78 is 4.81. The van der Waals surface area contributed by atoms with Crippen molar-refractivity contribution < 1.29 is 0 Å². The number of para-hydroxylation sites is 1. The molecule has 0 aromatic heterocycles. The highest BCUT2D eigenvalue weighted by atomic mass is 32.2. The molecule has 1 unspecified atom stereocenters. The molecule has 19 heavy (non-hydrogen) atoms. The van der Waals surface area contributed by atoms with Crippen LogP contribution in [0.25, 0.3) is 0 Å². The second kappa shape index (κ2) is 5.63. The number of hydrogen-bond donors (Lipinski definition) is 0. The number of amidine groups is 1. The van der Waals surface area contributed by atoms with Crippen LogP contribution in [-0.4, -0.2) is 16.9 Å². The van der Waals surface area contributed by atoms with Crippen molar-refractivity contribution in [2.24, 2.45) is 4.40 Å². The van der Waals surface area contributed by atoms with E-state index in [9.17, 15) is 0 Å². The van der Waals surface area contributed by atoms with Gasteiger partial charge < -0.3 is 0 Å². The van der Waals surface area contributed by atoms with E-state index in [1.54, 1.807) is 11.8 Å². The summed E-state index contributed by atoms with van der Waals surface area (Å²) in [5, 5.41) is 1.05. The molecule has 0 saturated carbocycles. The summed E-state index contributed by atoms with van der Waals surface area (Å²) in [5.74, 6) is 0. The van der Waals surface area contributed by atoms with E-state index in [-0.39, 0.29) is 10.7 Å². The standard InChI is InChI=1S/C15H14N2S2/c1-18-15-16-19(14-10-6-3-7-11-14)12-17(15)13-8-4-2-5-9-13/h2-12H,1H3. The third-order valence-electron chi connectivity index (χ3n) is 2.79. The SMILES string of the molecule is CSC1=NS(c2ccccc2)=CN1c1ccccc1. The molecule has 2 aromatic carbocycles. The van der Waals surface area contributed by atoms with Crippen molar-refractivity contribution in [2.75, 3.05) is 11.2 Å². The lowest BCUT2D eigenvalue weighted by Gasteiger charge is -2.15. The van der Waals surface area contributed by atoms with Gasteiger partial charge in [-0.15, -0.1) is 0 Å². The molecule has 0 bridgehead atoms. The summed E-state index contributed by atoms with van der Waals surface area (Å²) in [5.41, 5.74) is 3.37. The first-order valence-electron chi connectivity index (χ1n) is 5.99. The Bertz CT molecular complexity index is 621. The maximum atomic E-state index is 4.81. The number of benzene rings is 2. The number of nitrogens with zero attached hydrogens (tertiary/aromatic N) is 2. The van der Waals surface area contributed by atoms with Crippen molar-refractivity contribution in [3.8, 4) is 0 Å². The Hall–Kier alpha value is -1.52. The van der Waals surface area contributed by atoms with Crippen LogP contribution in [-0.2, 0) is 0 Å². The van der Waals surface area contributed by atoms with E-state index < -0.39 is 0 Å². The normalized spacial score (nSPS) is 18.1. The van der Waals surface area contributed by atoms with Crippen LogP contribution in [0.1, 0.15) is 0 Å². The zero-order chi connectivity index (χ0) is 13.1. The maximum Gasteiger partial charge on any atom is 0.179 e. The Morgan fingerprint density at radius 2 is 1.58 bits per heavy atom. The first kappa shape index (κ1) is 12.5. The molecule has 1 aliphatic rings. The van der Waals surface area contributed by atoms with E-state index in [1.165, 1.54) is 10.6 Å². The van der Waals surface area contributed by atoms with Gasteiger partial charge in [0.25, 0.3) is 0 Å². The summed E-state index contributed by atoms with van der Waals surface area (Å²) in [6.07, 6.45) is 2.07. The Morgan fingerprint density at radius 3 is 2.21 bits per heavy atom. The number of hydrogen-bond acceptors (Lipinski definition) is 3. The predicted molar refractivity (Wildman–Crippen MR) is 88.2 cm³/mol. The Labute approximate surface area is 120 Å². The zero-order valence-corrected chi connectivity index (χ0v) is 12.2. The molecule has 96 valence electrons. The van der Waals surface area contributed by atoms with E-state index in [4.69, 9.17) is 4.40 Å². The largest absolute Gasteiger partial charge is 0.289 e. The molecule has 0 aliphatic carbocycles. The summed E-state index contributed by atoms with van der Waals surface area (Å²) >= 11 is 1.69. The van der Waals surface area contributed by atoms with Gasteiger partial charge in [-0.2, -0.15) is 4.40 Å². The lowest BCUT2D eigenvalue weighted by Crippen LogP contribution is -2.22. The molecule has 0 N–H and O–H groups in total. The van der Waals surface area contributed by atoms with Gasteiger partial charge in [0, 0.05) is 10.6 Å². The van der Waals surface area contributed by atoms with Gasteiger partial charge in [0.15, 0.2) is 5.17 Å². The number of thioether (sulfide) groups is 1. The minimum atomic E-state index is -0.183. The monoisotopic (exact) mass is 286 g/mol. The molecule has 0 saturated heterocycles. The molecule has 1 aliphatic heterocycles. The third kappa shape index (κ3) is 2.60. The Kier molecular flexibility index (Phi) is 3.71. The summed E-state index contributed by atoms with van der Waals surface area (Å²) in [4.78, 5) is 3.44. The fraction of sp³-hybridized carbons (Fsp3) is 0.0667. The molecule has 1 atom stereocenters. The van der Waals surface area contributed by atoms with Crippen LogP contribution < -0.4 is 4.90 Å². The van der Waals surface area contributed by atoms with Gasteiger partial charge in [0.2, 0.25) is 0 Å². The minimum Gasteiger partial charge on any atom is -0.289 e. The third-order valence-corrected chi connectivity index (χ3v) is 5.09. The number of anilines is 1. The highest BCUT2D eigenvalue weighted by molar-refractivity contribution is 8.19. The van der Waals surface area contributed by atoms with Crippen LogP contribution in [0.5, 0.6) is 0 Å². The maximum absolute atomic E-state index is 4.81. The topological polar surface area (TPSA) is 15.6 Å². The van der Waals surface area contributed by atoms with Crippen LogP contribution >= 0.6 is 22.4 Å². The van der Waals surface area contributed by atoms with Crippen LogP contribution in [0, 0.1) is 0 Å². The minimum absolute atomic E-state index is 0.183. The fourth-order valence-corrected chi connectivity index (χ4v) is 4.21. The van der Waals surface area contributed by atoms with Gasteiger partial charge in [0.1, 0.15) is 0 Å². The summed E-state index contributed by atoms with van der Waals surface area (Å²) in [6, 6.07) is 20.8. The molecule has 2 nitrogen and oxygen atoms in total. The van der Waals surface area contributed by atoms with E-state index in [0.717, 1.165) is 5.17 Å². The van der Waals surface area contributed by atoms with Crippen molar-refractivity contribution in [1.29, 1.82) is 0 Å². The van der Waals surface area contributed by atoms with Crippen LogP contribution in [0.15, 0.2) is 70.0 Å². The predicted octanol–water partition coefficient (Wildman–Crippen LogP) is 4.23. The van der Waals surface area contributed by atoms with Gasteiger partial charge in [-0.3, -0.25) is 4.90 Å². The molecule has 4 heteroatoms. The van der Waals surface area contributed by atoms with Gasteiger partial charge in [-0.05, 0) is 41.2 Å². The lowest BCUT2D eigenvalue weighted by molar-refractivity contribution is 1.46. The zero-order valence-electron chi connectivity index (χ0n) is 10.6. The molecule has 0 radical (unpaired) electrons. The lowest BCUT2D eigenvalue weighted by atomic mass is 10.3. The molecule has 0 amide bonds. The van der Waals surface area contributed by atoms with Gasteiger partial charge >= 0.3 is 0 Å². The molecule has 1 heterocycles. The number of rotatable bonds is 2. The Morgan fingerprint density at radius 1 is 0.947 bits per heavy atom. The van der Waals surface area contributed by atoms with Crippen LogP contribution in [0.2, 0.25) is 0 Å². The van der Waals surface area contributed by atoms with Gasteiger partial charge in [-0.1, -0.05) is 48.2 Å². The van der Waals surface area contributed by atoms with Crippen molar-refractivity contribution in [1.82, 2.24) is 0 Å². The smallest absolute Gasteiger partial charge is 0.179 e. The molecule has 0 fully saturated rings. The van der Waals surface area contributed by atoms with Crippen molar-refractivity contribution >= 4 is 38.8 Å². The van der Waals surface area contributed by atoms with E-state index in [0.29, 0.717) is 0 Å². The van der Waals surface area contributed by atoms with Crippen LogP contribution in [0.3, 0.4) is 0 Å². The first-order valence-corrected chi connectivity index (χ1v) is 8.45. The molecular formula is C15H14N2S2.